The molecule has 1 aliphatic rings. The second-order valence-corrected chi connectivity index (χ2v) is 6.98. The van der Waals surface area contributed by atoms with Crippen LogP contribution >= 0.6 is 0 Å². The molecular formula is C22H20N4O2. The lowest BCUT2D eigenvalue weighted by atomic mass is 10.1. The van der Waals surface area contributed by atoms with Crippen LogP contribution in [0.15, 0.2) is 54.7 Å². The van der Waals surface area contributed by atoms with Gasteiger partial charge >= 0.3 is 0 Å². The Bertz CT molecular complexity index is 1170. The number of nitrogens with one attached hydrogen (secondary N) is 2. The minimum absolute atomic E-state index is 0.173. The molecule has 1 aliphatic heterocycles. The number of benzene rings is 2. The van der Waals surface area contributed by atoms with Gasteiger partial charge in [-0.3, -0.25) is 4.79 Å². The molecule has 28 heavy (non-hydrogen) atoms. The lowest BCUT2D eigenvalue weighted by molar-refractivity contribution is 0.102. The van der Waals surface area contributed by atoms with Crippen molar-refractivity contribution < 1.29 is 9.53 Å². The van der Waals surface area contributed by atoms with Gasteiger partial charge in [0.25, 0.3) is 5.91 Å². The molecule has 0 fully saturated rings. The van der Waals surface area contributed by atoms with Gasteiger partial charge in [0.1, 0.15) is 17.3 Å². The molecule has 0 aliphatic carbocycles. The topological polar surface area (TPSA) is 71.9 Å². The molecule has 2 aromatic heterocycles. The van der Waals surface area contributed by atoms with Crippen LogP contribution in [0.5, 0.6) is 5.75 Å². The van der Waals surface area contributed by atoms with E-state index in [1.807, 2.05) is 54.7 Å². The molecule has 3 heterocycles. The lowest BCUT2D eigenvalue weighted by Crippen LogP contribution is -2.12. The summed E-state index contributed by atoms with van der Waals surface area (Å²) in [7, 11) is 1.62. The number of carbonyl (C=O) groups is 1. The minimum Gasteiger partial charge on any atom is -0.497 e. The van der Waals surface area contributed by atoms with Gasteiger partial charge < -0.3 is 19.6 Å². The lowest BCUT2D eigenvalue weighted by Gasteiger charge is -2.07. The van der Waals surface area contributed by atoms with Crippen LogP contribution in [0.4, 0.5) is 5.69 Å². The van der Waals surface area contributed by atoms with E-state index in [9.17, 15) is 4.79 Å². The number of aromatic nitrogens is 3. The highest BCUT2D eigenvalue weighted by Gasteiger charge is 2.16. The average molecular weight is 372 g/mol. The van der Waals surface area contributed by atoms with Crippen molar-refractivity contribution in [3.63, 3.8) is 0 Å². The molecule has 0 radical (unpaired) electrons. The van der Waals surface area contributed by atoms with Gasteiger partial charge in [-0.1, -0.05) is 12.1 Å². The fraction of sp³-hybridized carbons (Fsp3) is 0.182. The standard InChI is InChI=1S/C22H20N4O2/c1-28-17-9-6-15-11-19(25-18(15)12-17)22(27)24-16-7-4-14(5-8-16)20-13-23-21-3-2-10-26(20)21/h4-9,11-13,25H,2-3,10H2,1H3,(H,24,27). The predicted molar refractivity (Wildman–Crippen MR) is 109 cm³/mol. The van der Waals surface area contributed by atoms with Crippen molar-refractivity contribution in [1.29, 1.82) is 0 Å². The molecule has 0 spiro atoms. The van der Waals surface area contributed by atoms with Gasteiger partial charge in [0.15, 0.2) is 0 Å². The maximum atomic E-state index is 12.6. The van der Waals surface area contributed by atoms with Gasteiger partial charge in [-0.15, -0.1) is 0 Å². The van der Waals surface area contributed by atoms with Crippen molar-refractivity contribution in [3.05, 3.63) is 66.2 Å². The van der Waals surface area contributed by atoms with Crippen molar-refractivity contribution in [2.75, 3.05) is 12.4 Å². The van der Waals surface area contributed by atoms with Crippen LogP contribution in [0.3, 0.4) is 0 Å². The Hall–Kier alpha value is -3.54. The van der Waals surface area contributed by atoms with Crippen molar-refractivity contribution >= 4 is 22.5 Å². The Morgan fingerprint density at radius 3 is 2.86 bits per heavy atom. The van der Waals surface area contributed by atoms with Crippen molar-refractivity contribution in [2.45, 2.75) is 19.4 Å². The van der Waals surface area contributed by atoms with Crippen LogP contribution < -0.4 is 10.1 Å². The van der Waals surface area contributed by atoms with Crippen LogP contribution in [0.1, 0.15) is 22.7 Å². The van der Waals surface area contributed by atoms with Crippen LogP contribution in [0.25, 0.3) is 22.2 Å². The van der Waals surface area contributed by atoms with E-state index >= 15 is 0 Å². The van der Waals surface area contributed by atoms with Crippen LogP contribution in [0.2, 0.25) is 0 Å². The van der Waals surface area contributed by atoms with E-state index in [1.54, 1.807) is 7.11 Å². The van der Waals surface area contributed by atoms with Crippen molar-refractivity contribution in [3.8, 4) is 17.0 Å². The Balaban J connectivity index is 1.35. The zero-order valence-electron chi connectivity index (χ0n) is 15.5. The van der Waals surface area contributed by atoms with Crippen molar-refractivity contribution in [1.82, 2.24) is 14.5 Å². The van der Waals surface area contributed by atoms with Gasteiger partial charge in [-0.05, 0) is 42.3 Å². The molecule has 4 aromatic rings. The Morgan fingerprint density at radius 1 is 1.18 bits per heavy atom. The Labute approximate surface area is 162 Å². The number of aromatic amines is 1. The van der Waals surface area contributed by atoms with E-state index in [4.69, 9.17) is 4.74 Å². The first-order valence-electron chi connectivity index (χ1n) is 9.34. The summed E-state index contributed by atoms with van der Waals surface area (Å²) in [6.45, 7) is 1.02. The number of H-pyrrole nitrogens is 1. The first-order chi connectivity index (χ1) is 13.7. The van der Waals surface area contributed by atoms with Crippen molar-refractivity contribution in [2.24, 2.45) is 0 Å². The van der Waals surface area contributed by atoms with Gasteiger partial charge in [-0.2, -0.15) is 0 Å². The molecule has 0 atom stereocenters. The van der Waals surface area contributed by atoms with Crippen LogP contribution in [-0.4, -0.2) is 27.6 Å². The summed E-state index contributed by atoms with van der Waals surface area (Å²) in [5, 5.41) is 3.92. The van der Waals surface area contributed by atoms with Gasteiger partial charge in [0.2, 0.25) is 0 Å². The smallest absolute Gasteiger partial charge is 0.272 e. The summed E-state index contributed by atoms with van der Waals surface area (Å²) < 4.78 is 7.50. The zero-order chi connectivity index (χ0) is 19.1. The normalized spacial score (nSPS) is 12.9. The van der Waals surface area contributed by atoms with E-state index < -0.39 is 0 Å². The van der Waals surface area contributed by atoms with E-state index in [0.717, 1.165) is 58.8 Å². The minimum atomic E-state index is -0.173. The number of hydrogen-bond donors (Lipinski definition) is 2. The number of ether oxygens (including phenoxy) is 1. The SMILES string of the molecule is COc1ccc2cc(C(=O)Nc3ccc(-c4cnc5n4CCC5)cc3)[nH]c2c1. The Morgan fingerprint density at radius 2 is 2.04 bits per heavy atom. The largest absolute Gasteiger partial charge is 0.497 e. The molecule has 0 saturated carbocycles. The molecule has 6 nitrogen and oxygen atoms in total. The molecule has 2 aromatic carbocycles. The predicted octanol–water partition coefficient (Wildman–Crippen LogP) is 4.24. The zero-order valence-corrected chi connectivity index (χ0v) is 15.5. The summed E-state index contributed by atoms with van der Waals surface area (Å²) in [5.41, 5.74) is 4.38. The third-order valence-corrected chi connectivity index (χ3v) is 5.23. The maximum Gasteiger partial charge on any atom is 0.272 e. The highest BCUT2D eigenvalue weighted by molar-refractivity contribution is 6.06. The molecule has 140 valence electrons. The second kappa shape index (κ2) is 6.56. The summed E-state index contributed by atoms with van der Waals surface area (Å²) >= 11 is 0. The number of methoxy groups -OCH3 is 1. The highest BCUT2D eigenvalue weighted by Crippen LogP contribution is 2.27. The van der Waals surface area contributed by atoms with Crippen LogP contribution in [0, 0.1) is 0 Å². The number of carbonyl (C=O) groups excluding carboxylic acids is 1. The molecule has 2 N–H and O–H groups in total. The maximum absolute atomic E-state index is 12.6. The quantitative estimate of drug-likeness (QED) is 0.563. The van der Waals surface area contributed by atoms with Gasteiger partial charge in [0.05, 0.1) is 19.0 Å². The molecule has 0 bridgehead atoms. The number of anilines is 1. The van der Waals surface area contributed by atoms with Crippen LogP contribution in [-0.2, 0) is 13.0 Å². The number of imidazole rings is 1. The average Bonchev–Trinajstić information content (AvgIpc) is 3.43. The van der Waals surface area contributed by atoms with E-state index in [2.05, 4.69) is 19.9 Å². The number of hydrogen-bond acceptors (Lipinski definition) is 3. The third kappa shape index (κ3) is 2.83. The summed E-state index contributed by atoms with van der Waals surface area (Å²) in [5.74, 6) is 1.74. The molecular weight excluding hydrogens is 352 g/mol. The monoisotopic (exact) mass is 372 g/mol. The van der Waals surface area contributed by atoms with E-state index in [0.29, 0.717) is 5.69 Å². The Kier molecular flexibility index (Phi) is 3.90. The summed E-state index contributed by atoms with van der Waals surface area (Å²) in [6, 6.07) is 15.4. The fourth-order valence-corrected chi connectivity index (χ4v) is 3.77. The number of amides is 1. The molecule has 6 heteroatoms. The number of fused-ring (bicyclic) bond motifs is 2. The second-order valence-electron chi connectivity index (χ2n) is 6.98. The molecule has 0 saturated heterocycles. The molecule has 5 rings (SSSR count). The third-order valence-electron chi connectivity index (χ3n) is 5.23. The molecule has 0 unspecified atom stereocenters. The number of nitrogens with zero attached hydrogens (tertiary/aromatic N) is 2. The van der Waals surface area contributed by atoms with E-state index in [-0.39, 0.29) is 5.91 Å². The number of rotatable bonds is 4. The highest BCUT2D eigenvalue weighted by atomic mass is 16.5. The van der Waals surface area contributed by atoms with Gasteiger partial charge in [0, 0.05) is 35.6 Å². The first kappa shape index (κ1) is 16.6. The summed E-state index contributed by atoms with van der Waals surface area (Å²) in [6.07, 6.45) is 4.13. The fourth-order valence-electron chi connectivity index (χ4n) is 3.77. The summed E-state index contributed by atoms with van der Waals surface area (Å²) in [4.78, 5) is 20.3. The van der Waals surface area contributed by atoms with E-state index in [1.165, 1.54) is 0 Å². The number of aryl methyl sites for hydroxylation is 1. The molecule has 1 amide bonds. The van der Waals surface area contributed by atoms with Gasteiger partial charge in [-0.25, -0.2) is 4.98 Å². The first-order valence-corrected chi connectivity index (χ1v) is 9.34.